The minimum absolute atomic E-state index is 0.00533. The van der Waals surface area contributed by atoms with Crippen LogP contribution in [0.15, 0.2) is 42.5 Å². The van der Waals surface area contributed by atoms with Gasteiger partial charge in [0.1, 0.15) is 5.75 Å². The topological polar surface area (TPSA) is 57.7 Å². The zero-order valence-corrected chi connectivity index (χ0v) is 17.8. The number of carbonyl (C=O) groups is 1. The average molecular weight is 431 g/mol. The quantitative estimate of drug-likeness (QED) is 0.663. The summed E-state index contributed by atoms with van der Waals surface area (Å²) in [7, 11) is 1.65. The number of anilines is 1. The van der Waals surface area contributed by atoms with E-state index >= 15 is 0 Å². The molecular weight excluding hydrogens is 408 g/mol. The summed E-state index contributed by atoms with van der Waals surface area (Å²) in [6, 6.07) is 13.7. The second-order valence-corrected chi connectivity index (χ2v) is 8.36. The molecule has 6 nitrogen and oxygen atoms in total. The normalized spacial score (nSPS) is 14.3. The van der Waals surface area contributed by atoms with Crippen molar-refractivity contribution in [2.75, 3.05) is 44.7 Å². The number of benzene rings is 2. The van der Waals surface area contributed by atoms with E-state index in [0.29, 0.717) is 19.6 Å². The number of piperazine rings is 1. The summed E-state index contributed by atoms with van der Waals surface area (Å²) in [5.74, 6) is 0.840. The summed E-state index contributed by atoms with van der Waals surface area (Å²) in [5, 5.41) is 4.73. The van der Waals surface area contributed by atoms with Crippen LogP contribution in [0.2, 0.25) is 5.02 Å². The average Bonchev–Trinajstić information content (AvgIpc) is 3.17. The summed E-state index contributed by atoms with van der Waals surface area (Å²) in [6.07, 6.45) is 0.796. The molecule has 0 bridgehead atoms. The van der Waals surface area contributed by atoms with Crippen molar-refractivity contribution in [2.24, 2.45) is 0 Å². The summed E-state index contributed by atoms with van der Waals surface area (Å²) >= 11 is 7.71. The first kappa shape index (κ1) is 19.8. The van der Waals surface area contributed by atoms with Gasteiger partial charge in [-0.3, -0.25) is 0 Å². The van der Waals surface area contributed by atoms with E-state index in [-0.39, 0.29) is 6.03 Å². The van der Waals surface area contributed by atoms with Crippen molar-refractivity contribution in [1.29, 1.82) is 0 Å². The molecule has 2 amide bonds. The predicted molar refractivity (Wildman–Crippen MR) is 119 cm³/mol. The molecule has 2 aromatic carbocycles. The van der Waals surface area contributed by atoms with E-state index in [0.717, 1.165) is 45.6 Å². The van der Waals surface area contributed by atoms with Crippen molar-refractivity contribution in [3.8, 4) is 5.75 Å². The van der Waals surface area contributed by atoms with Gasteiger partial charge in [0.05, 0.1) is 17.3 Å². The third-order valence-corrected chi connectivity index (χ3v) is 6.34. The minimum atomic E-state index is -0.00533. The molecule has 1 aromatic heterocycles. The van der Waals surface area contributed by atoms with Crippen LogP contribution in [0.3, 0.4) is 0 Å². The molecule has 1 fully saturated rings. The first-order chi connectivity index (χ1) is 14.1. The second-order valence-electron chi connectivity index (χ2n) is 6.91. The van der Waals surface area contributed by atoms with Gasteiger partial charge in [0, 0.05) is 37.7 Å². The Morgan fingerprint density at radius 3 is 2.66 bits per heavy atom. The van der Waals surface area contributed by atoms with Crippen LogP contribution in [0, 0.1) is 0 Å². The Kier molecular flexibility index (Phi) is 6.06. The molecule has 0 atom stereocenters. The van der Waals surface area contributed by atoms with E-state index in [1.54, 1.807) is 18.4 Å². The highest BCUT2D eigenvalue weighted by Crippen LogP contribution is 2.31. The zero-order valence-electron chi connectivity index (χ0n) is 16.2. The van der Waals surface area contributed by atoms with Gasteiger partial charge < -0.3 is 19.9 Å². The van der Waals surface area contributed by atoms with E-state index in [9.17, 15) is 4.79 Å². The maximum Gasteiger partial charge on any atom is 0.317 e. The number of halogens is 1. The van der Waals surface area contributed by atoms with Crippen molar-refractivity contribution < 1.29 is 9.53 Å². The van der Waals surface area contributed by atoms with Crippen LogP contribution in [0.1, 0.15) is 5.56 Å². The van der Waals surface area contributed by atoms with Gasteiger partial charge in [-0.05, 0) is 42.3 Å². The molecule has 0 aliphatic carbocycles. The molecule has 2 heterocycles. The Balaban J connectivity index is 1.25. The number of carbonyl (C=O) groups excluding carboxylic acids is 1. The van der Waals surface area contributed by atoms with Crippen LogP contribution in [0.25, 0.3) is 10.2 Å². The standard InChI is InChI=1S/C21H23ClN4O2S/c1-28-17-5-2-15(3-6-17)8-9-23-20(27)25-10-12-26(13-11-25)21-24-18-7-4-16(22)14-19(18)29-21/h2-7,14H,8-13H2,1H3,(H,23,27). The fourth-order valence-electron chi connectivity index (χ4n) is 3.34. The van der Waals surface area contributed by atoms with E-state index < -0.39 is 0 Å². The van der Waals surface area contributed by atoms with Gasteiger partial charge in [0.15, 0.2) is 5.13 Å². The molecule has 1 aliphatic heterocycles. The van der Waals surface area contributed by atoms with Crippen LogP contribution in [0.5, 0.6) is 5.75 Å². The number of amides is 2. The van der Waals surface area contributed by atoms with Crippen molar-refractivity contribution in [1.82, 2.24) is 15.2 Å². The molecule has 0 radical (unpaired) electrons. The third kappa shape index (κ3) is 4.74. The SMILES string of the molecule is COc1ccc(CCNC(=O)N2CCN(c3nc4ccc(Cl)cc4s3)CC2)cc1. The molecular formula is C21H23ClN4O2S. The lowest BCUT2D eigenvalue weighted by Crippen LogP contribution is -2.52. The number of ether oxygens (including phenoxy) is 1. The lowest BCUT2D eigenvalue weighted by Gasteiger charge is -2.34. The number of hydrogen-bond donors (Lipinski definition) is 1. The Hall–Kier alpha value is -2.51. The molecule has 0 spiro atoms. The van der Waals surface area contributed by atoms with Gasteiger partial charge in [-0.25, -0.2) is 9.78 Å². The Labute approximate surface area is 179 Å². The van der Waals surface area contributed by atoms with Gasteiger partial charge in [0.25, 0.3) is 0 Å². The minimum Gasteiger partial charge on any atom is -0.497 e. The van der Waals surface area contributed by atoms with Crippen molar-refractivity contribution >= 4 is 44.3 Å². The Bertz CT molecular complexity index is 984. The number of aromatic nitrogens is 1. The number of nitrogens with zero attached hydrogens (tertiary/aromatic N) is 3. The summed E-state index contributed by atoms with van der Waals surface area (Å²) in [4.78, 5) is 21.3. The lowest BCUT2D eigenvalue weighted by molar-refractivity contribution is 0.194. The van der Waals surface area contributed by atoms with Crippen LogP contribution in [-0.4, -0.2) is 55.7 Å². The monoisotopic (exact) mass is 430 g/mol. The number of fused-ring (bicyclic) bond motifs is 1. The molecule has 1 saturated heterocycles. The van der Waals surface area contributed by atoms with Crippen LogP contribution in [0.4, 0.5) is 9.93 Å². The molecule has 0 saturated carbocycles. The summed E-state index contributed by atoms with van der Waals surface area (Å²) in [5.41, 5.74) is 2.14. The molecule has 4 rings (SSSR count). The highest BCUT2D eigenvalue weighted by atomic mass is 35.5. The molecule has 29 heavy (non-hydrogen) atoms. The molecule has 8 heteroatoms. The molecule has 1 N–H and O–H groups in total. The molecule has 0 unspecified atom stereocenters. The highest BCUT2D eigenvalue weighted by Gasteiger charge is 2.23. The van der Waals surface area contributed by atoms with Crippen molar-refractivity contribution in [3.05, 3.63) is 53.1 Å². The van der Waals surface area contributed by atoms with Crippen molar-refractivity contribution in [2.45, 2.75) is 6.42 Å². The summed E-state index contributed by atoms with van der Waals surface area (Å²) in [6.45, 7) is 3.54. The largest absolute Gasteiger partial charge is 0.497 e. The number of hydrogen-bond acceptors (Lipinski definition) is 5. The predicted octanol–water partition coefficient (Wildman–Crippen LogP) is 4.03. The van der Waals surface area contributed by atoms with Gasteiger partial charge in [-0.15, -0.1) is 0 Å². The lowest BCUT2D eigenvalue weighted by atomic mass is 10.1. The molecule has 152 valence electrons. The molecule has 3 aromatic rings. The van der Waals surface area contributed by atoms with Gasteiger partial charge in [-0.2, -0.15) is 0 Å². The smallest absolute Gasteiger partial charge is 0.317 e. The van der Waals surface area contributed by atoms with Crippen LogP contribution >= 0.6 is 22.9 Å². The summed E-state index contributed by atoms with van der Waals surface area (Å²) < 4.78 is 6.25. The van der Waals surface area contributed by atoms with Crippen LogP contribution in [-0.2, 0) is 6.42 Å². The number of nitrogens with one attached hydrogen (secondary N) is 1. The van der Waals surface area contributed by atoms with Gasteiger partial charge in [-0.1, -0.05) is 35.1 Å². The van der Waals surface area contributed by atoms with E-state index in [2.05, 4.69) is 10.2 Å². The first-order valence-corrected chi connectivity index (χ1v) is 10.8. The van der Waals surface area contributed by atoms with Gasteiger partial charge >= 0.3 is 6.03 Å². The van der Waals surface area contributed by atoms with E-state index in [1.807, 2.05) is 47.4 Å². The number of rotatable bonds is 5. The number of methoxy groups -OCH3 is 1. The van der Waals surface area contributed by atoms with E-state index in [4.69, 9.17) is 21.3 Å². The fraction of sp³-hybridized carbons (Fsp3) is 0.333. The zero-order chi connectivity index (χ0) is 20.2. The first-order valence-electron chi connectivity index (χ1n) is 9.59. The Morgan fingerprint density at radius 1 is 1.17 bits per heavy atom. The third-order valence-electron chi connectivity index (χ3n) is 5.03. The highest BCUT2D eigenvalue weighted by molar-refractivity contribution is 7.22. The maximum absolute atomic E-state index is 12.5. The Morgan fingerprint density at radius 2 is 1.93 bits per heavy atom. The van der Waals surface area contributed by atoms with Crippen LogP contribution < -0.4 is 15.0 Å². The number of thiazole rings is 1. The van der Waals surface area contributed by atoms with Gasteiger partial charge in [0.2, 0.25) is 0 Å². The second kappa shape index (κ2) is 8.88. The fourth-order valence-corrected chi connectivity index (χ4v) is 4.63. The van der Waals surface area contributed by atoms with Crippen molar-refractivity contribution in [3.63, 3.8) is 0 Å². The molecule has 1 aliphatic rings. The van der Waals surface area contributed by atoms with E-state index in [1.165, 1.54) is 5.56 Å². The maximum atomic E-state index is 12.5. The number of urea groups is 1.